The fraction of sp³-hybridized carbons (Fsp3) is 0.308. The van der Waals surface area contributed by atoms with Gasteiger partial charge in [0.25, 0.3) is 0 Å². The molecule has 3 rings (SSSR count). The Hall–Kier alpha value is -1.84. The molecular formula is C13H13FN2O. The molecule has 0 spiro atoms. The Morgan fingerprint density at radius 2 is 2.29 bits per heavy atom. The van der Waals surface area contributed by atoms with Crippen molar-refractivity contribution >= 4 is 16.8 Å². The number of rotatable bonds is 1. The van der Waals surface area contributed by atoms with Crippen LogP contribution in [0.4, 0.5) is 4.39 Å². The number of primary amides is 1. The minimum atomic E-state index is -0.307. The lowest BCUT2D eigenvalue weighted by atomic mass is 9.86. The maximum atomic E-state index is 13.2. The number of aromatic nitrogens is 1. The van der Waals surface area contributed by atoms with Gasteiger partial charge >= 0.3 is 0 Å². The van der Waals surface area contributed by atoms with E-state index in [1.54, 1.807) is 6.07 Å². The van der Waals surface area contributed by atoms with Crippen LogP contribution in [0, 0.1) is 5.82 Å². The molecule has 1 heterocycles. The summed E-state index contributed by atoms with van der Waals surface area (Å²) in [6.07, 6.45) is 2.57. The molecule has 17 heavy (non-hydrogen) atoms. The molecule has 88 valence electrons. The highest BCUT2D eigenvalue weighted by molar-refractivity contribution is 5.89. The molecule has 1 aliphatic carbocycles. The van der Waals surface area contributed by atoms with Crippen LogP contribution in [0.5, 0.6) is 0 Å². The van der Waals surface area contributed by atoms with Gasteiger partial charge in [0.2, 0.25) is 5.91 Å². The molecule has 1 atom stereocenters. The van der Waals surface area contributed by atoms with Gasteiger partial charge in [-0.15, -0.1) is 0 Å². The molecule has 1 aromatic carbocycles. The van der Waals surface area contributed by atoms with Crippen molar-refractivity contribution < 1.29 is 9.18 Å². The molecule has 1 unspecified atom stereocenters. The SMILES string of the molecule is NC(=O)C1CCCc2c1[nH]c1ccc(F)cc21. The van der Waals surface area contributed by atoms with E-state index in [9.17, 15) is 9.18 Å². The number of aromatic amines is 1. The van der Waals surface area contributed by atoms with Crippen molar-refractivity contribution in [1.82, 2.24) is 4.98 Å². The van der Waals surface area contributed by atoms with Crippen LogP contribution in [-0.4, -0.2) is 10.9 Å². The Morgan fingerprint density at radius 1 is 1.47 bits per heavy atom. The highest BCUT2D eigenvalue weighted by atomic mass is 19.1. The second-order valence-corrected chi connectivity index (χ2v) is 4.55. The van der Waals surface area contributed by atoms with E-state index in [1.807, 2.05) is 0 Å². The molecular weight excluding hydrogens is 219 g/mol. The fourth-order valence-corrected chi connectivity index (χ4v) is 2.72. The largest absolute Gasteiger partial charge is 0.369 e. The van der Waals surface area contributed by atoms with Crippen molar-refractivity contribution in [3.8, 4) is 0 Å². The minimum Gasteiger partial charge on any atom is -0.369 e. The van der Waals surface area contributed by atoms with Crippen LogP contribution in [0.1, 0.15) is 30.0 Å². The molecule has 1 aromatic heterocycles. The molecule has 4 heteroatoms. The Kier molecular flexibility index (Phi) is 2.18. The molecule has 0 saturated carbocycles. The first-order valence-electron chi connectivity index (χ1n) is 5.76. The van der Waals surface area contributed by atoms with Crippen LogP contribution < -0.4 is 5.73 Å². The van der Waals surface area contributed by atoms with Crippen LogP contribution in [0.15, 0.2) is 18.2 Å². The van der Waals surface area contributed by atoms with Crippen LogP contribution in [0.25, 0.3) is 10.9 Å². The van der Waals surface area contributed by atoms with Crippen molar-refractivity contribution in [2.45, 2.75) is 25.2 Å². The highest BCUT2D eigenvalue weighted by Gasteiger charge is 2.27. The van der Waals surface area contributed by atoms with Gasteiger partial charge in [-0.3, -0.25) is 4.79 Å². The number of nitrogens with one attached hydrogen (secondary N) is 1. The molecule has 1 aliphatic rings. The number of carbonyl (C=O) groups excluding carboxylic acids is 1. The van der Waals surface area contributed by atoms with Gasteiger partial charge in [-0.2, -0.15) is 0 Å². The second-order valence-electron chi connectivity index (χ2n) is 4.55. The van der Waals surface area contributed by atoms with E-state index in [2.05, 4.69) is 4.98 Å². The summed E-state index contributed by atoms with van der Waals surface area (Å²) in [4.78, 5) is 14.6. The van der Waals surface area contributed by atoms with Gasteiger partial charge in [-0.1, -0.05) is 0 Å². The van der Waals surface area contributed by atoms with Gasteiger partial charge in [-0.05, 0) is 43.0 Å². The van der Waals surface area contributed by atoms with Gasteiger partial charge in [0.05, 0.1) is 5.92 Å². The van der Waals surface area contributed by atoms with E-state index in [0.717, 1.165) is 41.4 Å². The predicted molar refractivity (Wildman–Crippen MR) is 63.1 cm³/mol. The third-order valence-corrected chi connectivity index (χ3v) is 3.51. The molecule has 0 aliphatic heterocycles. The van der Waals surface area contributed by atoms with Crippen molar-refractivity contribution in [1.29, 1.82) is 0 Å². The van der Waals surface area contributed by atoms with Crippen molar-refractivity contribution in [2.75, 3.05) is 0 Å². The number of halogens is 1. The fourth-order valence-electron chi connectivity index (χ4n) is 2.72. The zero-order valence-corrected chi connectivity index (χ0v) is 9.29. The van der Waals surface area contributed by atoms with Crippen molar-refractivity contribution in [3.05, 3.63) is 35.3 Å². The third kappa shape index (κ3) is 1.52. The molecule has 0 fully saturated rings. The number of hydrogen-bond donors (Lipinski definition) is 2. The average molecular weight is 232 g/mol. The standard InChI is InChI=1S/C13H13FN2O/c14-7-4-5-11-10(6-7)8-2-1-3-9(13(15)17)12(8)16-11/h4-6,9,16H,1-3H2,(H2,15,17). The van der Waals surface area contributed by atoms with E-state index in [4.69, 9.17) is 5.73 Å². The number of H-pyrrole nitrogens is 1. The molecule has 0 saturated heterocycles. The first-order chi connectivity index (χ1) is 8.16. The molecule has 0 radical (unpaired) electrons. The third-order valence-electron chi connectivity index (χ3n) is 3.51. The topological polar surface area (TPSA) is 58.9 Å². The normalized spacial score (nSPS) is 19.2. The number of aryl methyl sites for hydroxylation is 1. The van der Waals surface area contributed by atoms with Gasteiger partial charge in [-0.25, -0.2) is 4.39 Å². The van der Waals surface area contributed by atoms with Crippen LogP contribution in [0.2, 0.25) is 0 Å². The number of hydrogen-bond acceptors (Lipinski definition) is 1. The lowest BCUT2D eigenvalue weighted by Crippen LogP contribution is -2.24. The monoisotopic (exact) mass is 232 g/mol. The van der Waals surface area contributed by atoms with Gasteiger partial charge in [0, 0.05) is 16.6 Å². The first-order valence-corrected chi connectivity index (χ1v) is 5.76. The summed E-state index contributed by atoms with van der Waals surface area (Å²) in [5.74, 6) is -0.812. The maximum Gasteiger partial charge on any atom is 0.226 e. The van der Waals surface area contributed by atoms with Crippen LogP contribution in [0.3, 0.4) is 0 Å². The van der Waals surface area contributed by atoms with Crippen LogP contribution >= 0.6 is 0 Å². The highest BCUT2D eigenvalue weighted by Crippen LogP contribution is 2.35. The zero-order valence-electron chi connectivity index (χ0n) is 9.29. The molecule has 3 N–H and O–H groups in total. The van der Waals surface area contributed by atoms with Crippen LogP contribution in [-0.2, 0) is 11.2 Å². The lowest BCUT2D eigenvalue weighted by Gasteiger charge is -2.19. The van der Waals surface area contributed by atoms with Gasteiger partial charge < -0.3 is 10.7 Å². The summed E-state index contributed by atoms with van der Waals surface area (Å²) in [6, 6.07) is 4.65. The van der Waals surface area contributed by atoms with Gasteiger partial charge in [0.1, 0.15) is 5.82 Å². The average Bonchev–Trinajstić information content (AvgIpc) is 2.66. The Morgan fingerprint density at radius 3 is 3.06 bits per heavy atom. The number of fused-ring (bicyclic) bond motifs is 3. The Balaban J connectivity index is 2.25. The second kappa shape index (κ2) is 3.58. The smallest absolute Gasteiger partial charge is 0.226 e. The predicted octanol–water partition coefficient (Wildman–Crippen LogP) is 2.21. The van der Waals surface area contributed by atoms with E-state index < -0.39 is 0 Å². The number of benzene rings is 1. The van der Waals surface area contributed by atoms with Crippen molar-refractivity contribution in [2.24, 2.45) is 5.73 Å². The zero-order chi connectivity index (χ0) is 12.0. The van der Waals surface area contributed by atoms with Crippen molar-refractivity contribution in [3.63, 3.8) is 0 Å². The van der Waals surface area contributed by atoms with E-state index in [-0.39, 0.29) is 17.6 Å². The molecule has 0 bridgehead atoms. The van der Waals surface area contributed by atoms with Gasteiger partial charge in [0.15, 0.2) is 0 Å². The summed E-state index contributed by atoms with van der Waals surface area (Å²) < 4.78 is 13.2. The Bertz CT molecular complexity index is 603. The van der Waals surface area contributed by atoms with E-state index in [1.165, 1.54) is 12.1 Å². The first kappa shape index (κ1) is 10.3. The summed E-state index contributed by atoms with van der Waals surface area (Å²) >= 11 is 0. The summed E-state index contributed by atoms with van der Waals surface area (Å²) in [5.41, 5.74) is 8.21. The number of carbonyl (C=O) groups is 1. The molecule has 2 aromatic rings. The number of nitrogens with two attached hydrogens (primary N) is 1. The van der Waals surface area contributed by atoms with E-state index >= 15 is 0 Å². The summed E-state index contributed by atoms with van der Waals surface area (Å²) in [6.45, 7) is 0. The Labute approximate surface area is 97.8 Å². The quantitative estimate of drug-likeness (QED) is 0.778. The summed E-state index contributed by atoms with van der Waals surface area (Å²) in [5, 5.41) is 0.881. The maximum absolute atomic E-state index is 13.2. The lowest BCUT2D eigenvalue weighted by molar-refractivity contribution is -0.119. The summed E-state index contributed by atoms with van der Waals surface area (Å²) in [7, 11) is 0. The number of amides is 1. The molecule has 1 amide bonds. The van der Waals surface area contributed by atoms with E-state index in [0.29, 0.717) is 0 Å². The minimum absolute atomic E-state index is 0.250. The molecule has 3 nitrogen and oxygen atoms in total.